The number of hydrogen-bond acceptors (Lipinski definition) is 5. The summed E-state index contributed by atoms with van der Waals surface area (Å²) < 4.78 is 5.48. The molecule has 3 rings (SSSR count). The minimum atomic E-state index is -0.893. The Balaban J connectivity index is 1.86. The number of aliphatic hydroxyl groups excluding tert-OH is 1. The van der Waals surface area contributed by atoms with Crippen molar-refractivity contribution in [2.75, 3.05) is 0 Å². The maximum absolute atomic E-state index is 12.7. The number of nitrogens with zero attached hydrogens (tertiary/aromatic N) is 1. The number of carbonyl (C=O) groups is 2. The quantitative estimate of drug-likeness (QED) is 0.300. The van der Waals surface area contributed by atoms with E-state index in [1.165, 1.54) is 0 Å². The van der Waals surface area contributed by atoms with Crippen molar-refractivity contribution in [1.82, 2.24) is 15.3 Å². The van der Waals surface area contributed by atoms with E-state index in [0.29, 0.717) is 30.8 Å². The third kappa shape index (κ3) is 8.86. The van der Waals surface area contributed by atoms with Gasteiger partial charge in [0.25, 0.3) is 0 Å². The molecular weight excluding hydrogens is 466 g/mol. The number of carbonyl (C=O) groups excluding carboxylic acids is 2. The summed E-state index contributed by atoms with van der Waals surface area (Å²) in [5, 5.41) is 14.3. The first-order valence-corrected chi connectivity index (χ1v) is 12.9. The zero-order valence-electron chi connectivity index (χ0n) is 22.4. The molecule has 3 atom stereocenters. The van der Waals surface area contributed by atoms with Crippen molar-refractivity contribution in [3.05, 3.63) is 89.5 Å². The molecule has 0 saturated heterocycles. The first kappa shape index (κ1) is 28.1. The summed E-state index contributed by atoms with van der Waals surface area (Å²) in [7, 11) is 0. The number of amides is 1. The van der Waals surface area contributed by atoms with Crippen LogP contribution in [-0.4, -0.2) is 44.7 Å². The summed E-state index contributed by atoms with van der Waals surface area (Å²) in [4.78, 5) is 32.9. The van der Waals surface area contributed by atoms with E-state index in [2.05, 4.69) is 15.3 Å². The Morgan fingerprint density at radius 1 is 0.973 bits per heavy atom. The molecule has 0 bridgehead atoms. The normalized spacial score (nSPS) is 14.1. The Kier molecular flexibility index (Phi) is 9.64. The van der Waals surface area contributed by atoms with E-state index in [9.17, 15) is 14.7 Å². The number of benzene rings is 2. The fraction of sp³-hybridized carbons (Fsp3) is 0.433. The standard InChI is InChI=1S/C30H39N3O4/c1-20(2)27(35)25-19-31-28(32-25)23(16-21-12-8-6-9-13-21)18-26(34)24(17-22-14-10-7-11-15-22)33-29(36)37-30(3,4)5/h6-15,19-20,23-24,26,34H,16-18H2,1-5H3,(H,31,32)(H,33,36)/t23-,24+,26+/m1/s1. The largest absolute Gasteiger partial charge is 0.444 e. The van der Waals surface area contributed by atoms with Crippen LogP contribution >= 0.6 is 0 Å². The first-order chi connectivity index (χ1) is 17.5. The van der Waals surface area contributed by atoms with E-state index in [0.717, 1.165) is 11.1 Å². The average molecular weight is 506 g/mol. The molecule has 7 heteroatoms. The molecule has 1 aromatic heterocycles. The van der Waals surface area contributed by atoms with Crippen LogP contribution in [0.2, 0.25) is 0 Å². The summed E-state index contributed by atoms with van der Waals surface area (Å²) in [6.07, 6.45) is 1.48. The van der Waals surface area contributed by atoms with E-state index in [-0.39, 0.29) is 17.6 Å². The van der Waals surface area contributed by atoms with E-state index < -0.39 is 23.8 Å². The van der Waals surface area contributed by atoms with Crippen LogP contribution in [0.25, 0.3) is 0 Å². The highest BCUT2D eigenvalue weighted by Gasteiger charge is 2.29. The average Bonchev–Trinajstić information content (AvgIpc) is 3.33. The van der Waals surface area contributed by atoms with Gasteiger partial charge in [0, 0.05) is 11.8 Å². The molecule has 0 spiro atoms. The predicted molar refractivity (Wildman–Crippen MR) is 145 cm³/mol. The van der Waals surface area contributed by atoms with Crippen LogP contribution in [0.15, 0.2) is 66.9 Å². The van der Waals surface area contributed by atoms with Gasteiger partial charge in [-0.3, -0.25) is 4.79 Å². The van der Waals surface area contributed by atoms with Crippen molar-refractivity contribution >= 4 is 11.9 Å². The van der Waals surface area contributed by atoms with E-state index in [4.69, 9.17) is 4.74 Å². The van der Waals surface area contributed by atoms with Gasteiger partial charge in [-0.25, -0.2) is 9.78 Å². The van der Waals surface area contributed by atoms with Crippen molar-refractivity contribution in [1.29, 1.82) is 0 Å². The van der Waals surface area contributed by atoms with Gasteiger partial charge >= 0.3 is 6.09 Å². The Morgan fingerprint density at radius 2 is 1.54 bits per heavy atom. The Bertz CT molecular complexity index is 1140. The molecule has 0 aliphatic carbocycles. The second-order valence-electron chi connectivity index (χ2n) is 10.8. The molecule has 2 aromatic carbocycles. The van der Waals surface area contributed by atoms with Crippen LogP contribution in [0.3, 0.4) is 0 Å². The molecule has 0 unspecified atom stereocenters. The van der Waals surface area contributed by atoms with Crippen LogP contribution < -0.4 is 5.32 Å². The van der Waals surface area contributed by atoms with Crippen molar-refractivity contribution in [3.63, 3.8) is 0 Å². The minimum absolute atomic E-state index is 0.00805. The maximum atomic E-state index is 12.7. The van der Waals surface area contributed by atoms with Crippen molar-refractivity contribution in [2.24, 2.45) is 5.92 Å². The van der Waals surface area contributed by atoms with Gasteiger partial charge in [-0.1, -0.05) is 74.5 Å². The molecular formula is C30H39N3O4. The lowest BCUT2D eigenvalue weighted by Gasteiger charge is -2.29. The molecule has 3 aromatic rings. The topological polar surface area (TPSA) is 104 Å². The Labute approximate surface area is 219 Å². The Morgan fingerprint density at radius 3 is 2.08 bits per heavy atom. The monoisotopic (exact) mass is 505 g/mol. The van der Waals surface area contributed by atoms with Crippen molar-refractivity contribution < 1.29 is 19.4 Å². The highest BCUT2D eigenvalue weighted by Crippen LogP contribution is 2.26. The number of Topliss-reactive ketones (excluding diaryl/α,β-unsaturated/α-hetero) is 1. The molecule has 37 heavy (non-hydrogen) atoms. The highest BCUT2D eigenvalue weighted by molar-refractivity contribution is 5.95. The molecule has 0 aliphatic heterocycles. The van der Waals surface area contributed by atoms with E-state index in [1.54, 1.807) is 27.0 Å². The number of ether oxygens (including phenoxy) is 1. The number of aromatic nitrogens is 2. The fourth-order valence-corrected chi connectivity index (χ4v) is 4.24. The lowest BCUT2D eigenvalue weighted by molar-refractivity contribution is 0.0404. The van der Waals surface area contributed by atoms with Gasteiger partial charge in [0.15, 0.2) is 5.78 Å². The van der Waals surface area contributed by atoms with Gasteiger partial charge in [0.1, 0.15) is 17.1 Å². The number of H-pyrrole nitrogens is 1. The summed E-state index contributed by atoms with van der Waals surface area (Å²) in [5.74, 6) is 0.276. The lowest BCUT2D eigenvalue weighted by atomic mass is 9.89. The van der Waals surface area contributed by atoms with Crippen LogP contribution in [-0.2, 0) is 17.6 Å². The number of rotatable bonds is 11. The fourth-order valence-electron chi connectivity index (χ4n) is 4.24. The zero-order chi connectivity index (χ0) is 27.0. The molecule has 1 amide bonds. The number of aliphatic hydroxyl groups is 1. The molecule has 0 radical (unpaired) electrons. The SMILES string of the molecule is CC(C)C(=O)c1cnc([C@H](Cc2ccccc2)C[C@H](O)[C@H](Cc2ccccc2)NC(=O)OC(C)(C)C)[nH]1. The van der Waals surface area contributed by atoms with E-state index >= 15 is 0 Å². The number of nitrogens with one attached hydrogen (secondary N) is 2. The van der Waals surface area contributed by atoms with Crippen molar-refractivity contribution in [2.45, 2.75) is 77.5 Å². The molecule has 0 fully saturated rings. The van der Waals surface area contributed by atoms with Crippen LogP contribution in [0, 0.1) is 5.92 Å². The maximum Gasteiger partial charge on any atom is 0.407 e. The van der Waals surface area contributed by atoms with Gasteiger partial charge in [-0.05, 0) is 51.2 Å². The summed E-state index contributed by atoms with van der Waals surface area (Å²) in [6, 6.07) is 19.1. The molecule has 0 aliphatic rings. The van der Waals surface area contributed by atoms with Gasteiger partial charge in [0.05, 0.1) is 18.3 Å². The van der Waals surface area contributed by atoms with Crippen LogP contribution in [0.5, 0.6) is 0 Å². The molecule has 3 N–H and O–H groups in total. The van der Waals surface area contributed by atoms with E-state index in [1.807, 2.05) is 74.5 Å². The summed E-state index contributed by atoms with van der Waals surface area (Å²) in [6.45, 7) is 9.11. The predicted octanol–water partition coefficient (Wildman–Crippen LogP) is 5.46. The van der Waals surface area contributed by atoms with Gasteiger partial charge in [-0.15, -0.1) is 0 Å². The highest BCUT2D eigenvalue weighted by atomic mass is 16.6. The molecule has 198 valence electrons. The Hall–Kier alpha value is -3.45. The molecule has 7 nitrogen and oxygen atoms in total. The number of imidazole rings is 1. The number of alkyl carbamates (subject to hydrolysis) is 1. The first-order valence-electron chi connectivity index (χ1n) is 12.9. The second-order valence-corrected chi connectivity index (χ2v) is 10.8. The third-order valence-corrected chi connectivity index (χ3v) is 6.09. The molecule has 1 heterocycles. The smallest absolute Gasteiger partial charge is 0.407 e. The molecule has 0 saturated carbocycles. The van der Waals surface area contributed by atoms with Gasteiger partial charge in [0.2, 0.25) is 0 Å². The summed E-state index contributed by atoms with van der Waals surface area (Å²) in [5.41, 5.74) is 1.89. The van der Waals surface area contributed by atoms with Crippen molar-refractivity contribution in [3.8, 4) is 0 Å². The second kappa shape index (κ2) is 12.7. The van der Waals surface area contributed by atoms with Gasteiger partial charge in [-0.2, -0.15) is 0 Å². The van der Waals surface area contributed by atoms with Gasteiger partial charge < -0.3 is 20.1 Å². The zero-order valence-corrected chi connectivity index (χ0v) is 22.4. The minimum Gasteiger partial charge on any atom is -0.444 e. The summed E-state index contributed by atoms with van der Waals surface area (Å²) >= 11 is 0. The van der Waals surface area contributed by atoms with Crippen LogP contribution in [0.1, 0.15) is 74.4 Å². The number of ketones is 1. The number of hydrogen-bond donors (Lipinski definition) is 3. The van der Waals surface area contributed by atoms with Crippen LogP contribution in [0.4, 0.5) is 4.79 Å². The third-order valence-electron chi connectivity index (χ3n) is 6.09. The lowest BCUT2D eigenvalue weighted by Crippen LogP contribution is -2.47. The number of aromatic amines is 1.